The summed E-state index contributed by atoms with van der Waals surface area (Å²) in [4.78, 5) is 28.2. The van der Waals surface area contributed by atoms with Gasteiger partial charge in [-0.2, -0.15) is 0 Å². The lowest BCUT2D eigenvalue weighted by Gasteiger charge is -2.36. The summed E-state index contributed by atoms with van der Waals surface area (Å²) in [7, 11) is 0. The van der Waals surface area contributed by atoms with Crippen LogP contribution in [0.3, 0.4) is 0 Å². The number of piperazine rings is 1. The fraction of sp³-hybridized carbons (Fsp3) is 0.522. The number of amides is 1. The van der Waals surface area contributed by atoms with Crippen molar-refractivity contribution in [3.05, 3.63) is 47.2 Å². The van der Waals surface area contributed by atoms with Gasteiger partial charge >= 0.3 is 0 Å². The molecule has 2 saturated heterocycles. The molecule has 0 aliphatic carbocycles. The molecule has 2 fully saturated rings. The third-order valence-electron chi connectivity index (χ3n) is 5.99. The number of pyridine rings is 2. The number of nitrogens with one attached hydrogen (secondary N) is 1. The fourth-order valence-corrected chi connectivity index (χ4v) is 4.53. The zero-order chi connectivity index (χ0) is 21.6. The Balaban J connectivity index is 1.27. The van der Waals surface area contributed by atoms with Gasteiger partial charge < -0.3 is 15.1 Å². The quantitative estimate of drug-likeness (QED) is 0.739. The molecule has 0 bridgehead atoms. The predicted octanol–water partition coefficient (Wildman–Crippen LogP) is 3.38. The summed E-state index contributed by atoms with van der Waals surface area (Å²) in [5, 5.41) is 3.91. The third kappa shape index (κ3) is 5.66. The molecular formula is C23H31ClN6O. The van der Waals surface area contributed by atoms with E-state index < -0.39 is 0 Å². The van der Waals surface area contributed by atoms with Crippen LogP contribution in [0.1, 0.15) is 36.5 Å². The number of carbonyl (C=O) groups is 1. The zero-order valence-corrected chi connectivity index (χ0v) is 18.9. The molecule has 2 aliphatic rings. The van der Waals surface area contributed by atoms with Crippen LogP contribution in [0, 0.1) is 0 Å². The van der Waals surface area contributed by atoms with Crippen molar-refractivity contribution < 1.29 is 4.79 Å². The van der Waals surface area contributed by atoms with Gasteiger partial charge in [-0.3, -0.25) is 9.69 Å². The summed E-state index contributed by atoms with van der Waals surface area (Å²) in [5.74, 6) is 1.71. The first-order valence-corrected chi connectivity index (χ1v) is 11.6. The Morgan fingerprint density at radius 3 is 2.55 bits per heavy atom. The van der Waals surface area contributed by atoms with Gasteiger partial charge in [0, 0.05) is 64.2 Å². The Labute approximate surface area is 189 Å². The third-order valence-corrected chi connectivity index (χ3v) is 6.28. The van der Waals surface area contributed by atoms with Gasteiger partial charge in [-0.1, -0.05) is 17.7 Å². The Bertz CT molecular complexity index is 866. The summed E-state index contributed by atoms with van der Waals surface area (Å²) in [6.45, 7) is 8.60. The molecule has 166 valence electrons. The summed E-state index contributed by atoms with van der Waals surface area (Å²) in [6.07, 6.45) is 6.82. The molecule has 8 heteroatoms. The van der Waals surface area contributed by atoms with Gasteiger partial charge in [0.05, 0.1) is 10.6 Å². The highest BCUT2D eigenvalue weighted by atomic mass is 35.5. The van der Waals surface area contributed by atoms with E-state index in [1.807, 2.05) is 23.2 Å². The van der Waals surface area contributed by atoms with Crippen molar-refractivity contribution in [1.29, 1.82) is 0 Å². The van der Waals surface area contributed by atoms with E-state index in [0.29, 0.717) is 16.4 Å². The van der Waals surface area contributed by atoms with E-state index >= 15 is 0 Å². The van der Waals surface area contributed by atoms with Crippen molar-refractivity contribution in [3.8, 4) is 0 Å². The van der Waals surface area contributed by atoms with Crippen molar-refractivity contribution in [2.45, 2.75) is 32.2 Å². The van der Waals surface area contributed by atoms with E-state index in [1.54, 1.807) is 12.3 Å². The van der Waals surface area contributed by atoms with E-state index in [-0.39, 0.29) is 11.9 Å². The summed E-state index contributed by atoms with van der Waals surface area (Å²) in [5.41, 5.74) is 0.566. The number of likely N-dealkylation sites (tertiary alicyclic amines) is 1. The van der Waals surface area contributed by atoms with Crippen molar-refractivity contribution in [2.24, 2.45) is 0 Å². The second kappa shape index (κ2) is 10.3. The minimum absolute atomic E-state index is 0.0273. The SMILES string of the molecule is CC(CN1CCN(c2ccccn2)CC1)Nc1ncc(C(=O)N2CCCCC2)cc1Cl. The highest BCUT2D eigenvalue weighted by Gasteiger charge is 2.21. The van der Waals surface area contributed by atoms with Gasteiger partial charge in [0.2, 0.25) is 0 Å². The maximum atomic E-state index is 12.7. The Morgan fingerprint density at radius 2 is 1.87 bits per heavy atom. The minimum atomic E-state index is 0.0273. The maximum Gasteiger partial charge on any atom is 0.255 e. The number of anilines is 2. The minimum Gasteiger partial charge on any atom is -0.365 e. The van der Waals surface area contributed by atoms with Crippen LogP contribution in [-0.2, 0) is 0 Å². The van der Waals surface area contributed by atoms with Gasteiger partial charge in [-0.05, 0) is 44.4 Å². The van der Waals surface area contributed by atoms with Crippen LogP contribution in [0.25, 0.3) is 0 Å². The lowest BCUT2D eigenvalue weighted by atomic mass is 10.1. The number of aromatic nitrogens is 2. The van der Waals surface area contributed by atoms with Crippen molar-refractivity contribution >= 4 is 29.1 Å². The lowest BCUT2D eigenvalue weighted by molar-refractivity contribution is 0.0724. The maximum absolute atomic E-state index is 12.7. The Morgan fingerprint density at radius 1 is 1.10 bits per heavy atom. The number of hydrogen-bond donors (Lipinski definition) is 1. The van der Waals surface area contributed by atoms with Crippen LogP contribution >= 0.6 is 11.6 Å². The molecular weight excluding hydrogens is 412 g/mol. The average Bonchev–Trinajstić information content (AvgIpc) is 2.81. The first-order chi connectivity index (χ1) is 15.1. The van der Waals surface area contributed by atoms with E-state index in [1.165, 1.54) is 6.42 Å². The van der Waals surface area contributed by atoms with Crippen LogP contribution in [0.15, 0.2) is 36.7 Å². The van der Waals surface area contributed by atoms with Crippen molar-refractivity contribution in [2.75, 3.05) is 56.0 Å². The molecule has 4 heterocycles. The van der Waals surface area contributed by atoms with Gasteiger partial charge in [0.25, 0.3) is 5.91 Å². The summed E-state index contributed by atoms with van der Waals surface area (Å²) >= 11 is 6.46. The van der Waals surface area contributed by atoms with Gasteiger partial charge in [-0.25, -0.2) is 9.97 Å². The molecule has 0 saturated carbocycles. The largest absolute Gasteiger partial charge is 0.365 e. The number of nitrogens with zero attached hydrogens (tertiary/aromatic N) is 5. The first kappa shape index (κ1) is 21.8. The van der Waals surface area contributed by atoms with Gasteiger partial charge in [0.1, 0.15) is 11.6 Å². The number of carbonyl (C=O) groups excluding carboxylic acids is 1. The molecule has 1 N–H and O–H groups in total. The molecule has 0 radical (unpaired) electrons. The van der Waals surface area contributed by atoms with Crippen LogP contribution < -0.4 is 10.2 Å². The van der Waals surface area contributed by atoms with Crippen LogP contribution in [0.2, 0.25) is 5.02 Å². The monoisotopic (exact) mass is 442 g/mol. The smallest absolute Gasteiger partial charge is 0.255 e. The summed E-state index contributed by atoms with van der Waals surface area (Å²) < 4.78 is 0. The normalized spacial score (nSPS) is 18.6. The molecule has 0 aromatic carbocycles. The topological polar surface area (TPSA) is 64.6 Å². The molecule has 1 atom stereocenters. The molecule has 0 spiro atoms. The number of rotatable bonds is 6. The zero-order valence-electron chi connectivity index (χ0n) is 18.1. The van der Waals surface area contributed by atoms with E-state index in [4.69, 9.17) is 11.6 Å². The molecule has 1 amide bonds. The number of piperidine rings is 1. The predicted molar refractivity (Wildman–Crippen MR) is 125 cm³/mol. The molecule has 31 heavy (non-hydrogen) atoms. The van der Waals surface area contributed by atoms with Crippen LogP contribution in [0.5, 0.6) is 0 Å². The van der Waals surface area contributed by atoms with E-state index in [9.17, 15) is 4.79 Å². The standard InChI is InChI=1S/C23H31ClN6O/c1-18(17-28-11-13-29(14-12-28)21-7-3-4-8-25-21)27-22-20(24)15-19(16-26-22)23(31)30-9-5-2-6-10-30/h3-4,7-8,15-16,18H,2,5-6,9-14,17H2,1H3,(H,26,27). The molecule has 4 rings (SSSR count). The van der Waals surface area contributed by atoms with E-state index in [2.05, 4.69) is 38.1 Å². The molecule has 2 aliphatic heterocycles. The van der Waals surface area contributed by atoms with Crippen LogP contribution in [-0.4, -0.2) is 77.5 Å². The van der Waals surface area contributed by atoms with Crippen molar-refractivity contribution in [1.82, 2.24) is 19.8 Å². The Hall–Kier alpha value is -2.38. The van der Waals surface area contributed by atoms with Gasteiger partial charge in [-0.15, -0.1) is 0 Å². The summed E-state index contributed by atoms with van der Waals surface area (Å²) in [6, 6.07) is 7.97. The first-order valence-electron chi connectivity index (χ1n) is 11.2. The van der Waals surface area contributed by atoms with Crippen molar-refractivity contribution in [3.63, 3.8) is 0 Å². The highest BCUT2D eigenvalue weighted by Crippen LogP contribution is 2.23. The second-order valence-electron chi connectivity index (χ2n) is 8.43. The van der Waals surface area contributed by atoms with Crippen LogP contribution in [0.4, 0.5) is 11.6 Å². The number of halogens is 1. The lowest BCUT2D eigenvalue weighted by Crippen LogP contribution is -2.49. The second-order valence-corrected chi connectivity index (χ2v) is 8.84. The molecule has 2 aromatic rings. The number of hydrogen-bond acceptors (Lipinski definition) is 6. The Kier molecular flexibility index (Phi) is 7.25. The highest BCUT2D eigenvalue weighted by molar-refractivity contribution is 6.33. The van der Waals surface area contributed by atoms with Gasteiger partial charge in [0.15, 0.2) is 0 Å². The fourth-order valence-electron chi connectivity index (χ4n) is 4.31. The average molecular weight is 443 g/mol. The molecule has 1 unspecified atom stereocenters. The van der Waals surface area contributed by atoms with E-state index in [0.717, 1.165) is 64.5 Å². The molecule has 2 aromatic heterocycles. The molecule has 7 nitrogen and oxygen atoms in total.